The second-order valence-electron chi connectivity index (χ2n) is 17.4. The fraction of sp³-hybridized carbons (Fsp3) is 0.0508. The molecule has 0 spiro atoms. The monoisotopic (exact) mass is 791 g/mol. The number of benzene rings is 10. The summed E-state index contributed by atoms with van der Waals surface area (Å²) < 4.78 is 7.29. The third-order valence-electron chi connectivity index (χ3n) is 13.6. The van der Waals surface area contributed by atoms with E-state index in [9.17, 15) is 0 Å². The summed E-state index contributed by atoms with van der Waals surface area (Å²) in [6.07, 6.45) is 0. The topological polar surface area (TPSA) is 14.8 Å². The lowest BCUT2D eigenvalue weighted by Crippen LogP contribution is -2.15. The minimum atomic E-state index is -0.114. The van der Waals surface area contributed by atoms with Gasteiger partial charge in [0.1, 0.15) is 0 Å². The Morgan fingerprint density at radius 3 is 1.55 bits per heavy atom. The Morgan fingerprint density at radius 1 is 0.290 bits per heavy atom. The van der Waals surface area contributed by atoms with E-state index in [2.05, 4.69) is 240 Å². The van der Waals surface area contributed by atoms with Gasteiger partial charge in [0.05, 0.1) is 11.0 Å². The van der Waals surface area contributed by atoms with Crippen LogP contribution in [0.2, 0.25) is 0 Å². The molecule has 0 saturated carbocycles. The molecule has 13 rings (SSSR count). The van der Waals surface area contributed by atoms with Crippen molar-refractivity contribution in [1.82, 2.24) is 13.7 Å². The number of rotatable bonds is 3. The maximum Gasteiger partial charge on any atom is 0.0561 e. The Kier molecular flexibility index (Phi) is 7.36. The Morgan fingerprint density at radius 2 is 0.839 bits per heavy atom. The van der Waals surface area contributed by atoms with Crippen molar-refractivity contribution < 1.29 is 0 Å². The van der Waals surface area contributed by atoms with Gasteiger partial charge in [-0.1, -0.05) is 135 Å². The van der Waals surface area contributed by atoms with Gasteiger partial charge in [0, 0.05) is 55.3 Å². The van der Waals surface area contributed by atoms with E-state index in [0.29, 0.717) is 0 Å². The summed E-state index contributed by atoms with van der Waals surface area (Å²) in [4.78, 5) is 0. The summed E-state index contributed by atoms with van der Waals surface area (Å²) in [6.45, 7) is 4.73. The molecular weight excluding hydrogens is 751 g/mol. The SMILES string of the molecule is CC1(C)c2ccccc2-c2ccc(-n3c4cccc(c4)c4cccc(c4)n(-c4ccc5c6ccccc6n(-c6ccccc6)c5c4)c4ccc5ccc6ccc3cc6c5c4)cc21. The van der Waals surface area contributed by atoms with Gasteiger partial charge in [-0.25, -0.2) is 0 Å². The molecule has 0 amide bonds. The number of nitrogens with zero attached hydrogens (tertiary/aromatic N) is 3. The summed E-state index contributed by atoms with van der Waals surface area (Å²) in [5.74, 6) is 0. The highest BCUT2D eigenvalue weighted by Crippen LogP contribution is 2.49. The largest absolute Gasteiger partial charge is 0.310 e. The molecule has 2 aromatic heterocycles. The van der Waals surface area contributed by atoms with Gasteiger partial charge in [0.25, 0.3) is 0 Å². The number of fused-ring (bicyclic) bond motifs is 13. The van der Waals surface area contributed by atoms with E-state index in [4.69, 9.17) is 0 Å². The Hall–Kier alpha value is -7.88. The minimum Gasteiger partial charge on any atom is -0.310 e. The predicted molar refractivity (Wildman–Crippen MR) is 262 cm³/mol. The molecule has 8 bridgehead atoms. The minimum absolute atomic E-state index is 0.114. The van der Waals surface area contributed by atoms with Gasteiger partial charge >= 0.3 is 0 Å². The highest BCUT2D eigenvalue weighted by atomic mass is 15.0. The van der Waals surface area contributed by atoms with Gasteiger partial charge in [-0.15, -0.1) is 0 Å². The highest BCUT2D eigenvalue weighted by Gasteiger charge is 2.35. The Labute approximate surface area is 359 Å². The van der Waals surface area contributed by atoms with Crippen molar-refractivity contribution in [2.75, 3.05) is 0 Å². The maximum atomic E-state index is 2.45. The van der Waals surface area contributed by atoms with Crippen LogP contribution >= 0.6 is 0 Å². The van der Waals surface area contributed by atoms with Crippen molar-refractivity contribution in [2.24, 2.45) is 0 Å². The molecule has 0 unspecified atom stereocenters. The molecule has 0 saturated heterocycles. The average Bonchev–Trinajstić information content (AvgIpc) is 3.77. The van der Waals surface area contributed by atoms with Crippen LogP contribution in [0, 0.1) is 0 Å². The van der Waals surface area contributed by atoms with E-state index >= 15 is 0 Å². The normalized spacial score (nSPS) is 13.1. The summed E-state index contributed by atoms with van der Waals surface area (Å²) in [5, 5.41) is 9.68. The van der Waals surface area contributed by atoms with E-state index in [1.165, 1.54) is 65.6 Å². The van der Waals surface area contributed by atoms with Crippen molar-refractivity contribution in [3.05, 3.63) is 223 Å². The van der Waals surface area contributed by atoms with Crippen LogP contribution < -0.4 is 0 Å². The number of aromatic nitrogens is 3. The van der Waals surface area contributed by atoms with Crippen LogP contribution in [-0.2, 0) is 5.41 Å². The molecule has 292 valence electrons. The summed E-state index contributed by atoms with van der Waals surface area (Å²) >= 11 is 0. The highest BCUT2D eigenvalue weighted by molar-refractivity contribution is 6.11. The molecule has 0 fully saturated rings. The van der Waals surface area contributed by atoms with Gasteiger partial charge in [-0.05, 0) is 146 Å². The second kappa shape index (κ2) is 13.1. The van der Waals surface area contributed by atoms with Crippen molar-refractivity contribution in [2.45, 2.75) is 19.3 Å². The van der Waals surface area contributed by atoms with Crippen LogP contribution in [0.1, 0.15) is 25.0 Å². The van der Waals surface area contributed by atoms with Gasteiger partial charge in [0.2, 0.25) is 0 Å². The third kappa shape index (κ3) is 5.12. The van der Waals surface area contributed by atoms with Gasteiger partial charge in [0.15, 0.2) is 0 Å². The molecular formula is C59H41N3. The fourth-order valence-corrected chi connectivity index (χ4v) is 10.6. The van der Waals surface area contributed by atoms with E-state index in [1.807, 2.05) is 0 Å². The standard InChI is InChI=1S/C59H41N3/c1-59(2)55-20-8-6-18-49(55)50-30-28-47(36-56(50)59)60-43-16-10-12-40(32-43)41-13-11-17-44(33-41)61(46-27-25-39-23-22-38-24-26-45(60)34-53(38)54(39)35-46)48-29-31-52-51-19-7-9-21-57(51)62(58(52)37-48)42-14-4-3-5-15-42/h3-37H,1-2H3. The molecule has 3 nitrogen and oxygen atoms in total. The van der Waals surface area contributed by atoms with E-state index in [-0.39, 0.29) is 5.41 Å². The molecule has 1 aliphatic rings. The van der Waals surface area contributed by atoms with Crippen molar-refractivity contribution in [3.8, 4) is 28.2 Å². The molecule has 1 aliphatic carbocycles. The Bertz CT molecular complexity index is 3890. The lowest BCUT2D eigenvalue weighted by molar-refractivity contribution is 0.660. The lowest BCUT2D eigenvalue weighted by atomic mass is 9.82. The number of para-hydroxylation sites is 2. The van der Waals surface area contributed by atoms with Crippen LogP contribution in [0.3, 0.4) is 0 Å². The maximum absolute atomic E-state index is 2.45. The predicted octanol–water partition coefficient (Wildman–Crippen LogP) is 15.6. The van der Waals surface area contributed by atoms with Crippen LogP contribution in [0.15, 0.2) is 212 Å². The quantitative estimate of drug-likeness (QED) is 0.158. The van der Waals surface area contributed by atoms with Gasteiger partial charge < -0.3 is 13.7 Å². The first kappa shape index (κ1) is 34.9. The fourth-order valence-electron chi connectivity index (χ4n) is 10.6. The molecule has 62 heavy (non-hydrogen) atoms. The average molecular weight is 792 g/mol. The zero-order valence-corrected chi connectivity index (χ0v) is 34.5. The van der Waals surface area contributed by atoms with Gasteiger partial charge in [-0.2, -0.15) is 0 Å². The first-order valence-electron chi connectivity index (χ1n) is 21.6. The molecule has 0 atom stereocenters. The first-order valence-corrected chi connectivity index (χ1v) is 21.6. The first-order chi connectivity index (χ1) is 30.5. The summed E-state index contributed by atoms with van der Waals surface area (Å²) in [5.41, 5.74) is 15.5. The number of hydrogen-bond acceptors (Lipinski definition) is 0. The van der Waals surface area contributed by atoms with Crippen LogP contribution in [0.5, 0.6) is 0 Å². The van der Waals surface area contributed by atoms with Crippen molar-refractivity contribution in [1.29, 1.82) is 0 Å². The lowest BCUT2D eigenvalue weighted by Gasteiger charge is -2.22. The molecule has 0 radical (unpaired) electrons. The molecule has 3 heteroatoms. The zero-order chi connectivity index (χ0) is 41.1. The van der Waals surface area contributed by atoms with Crippen LogP contribution in [-0.4, -0.2) is 13.7 Å². The zero-order valence-electron chi connectivity index (χ0n) is 34.5. The van der Waals surface area contributed by atoms with Crippen molar-refractivity contribution in [3.63, 3.8) is 0 Å². The third-order valence-corrected chi connectivity index (χ3v) is 13.6. The molecule has 0 aliphatic heterocycles. The van der Waals surface area contributed by atoms with E-state index in [1.54, 1.807) is 0 Å². The van der Waals surface area contributed by atoms with E-state index < -0.39 is 0 Å². The molecule has 10 aromatic carbocycles. The molecule has 12 aromatic rings. The smallest absolute Gasteiger partial charge is 0.0561 e. The summed E-state index contributed by atoms with van der Waals surface area (Å²) in [6, 6.07) is 79.0. The Balaban J connectivity index is 1.14. The second-order valence-corrected chi connectivity index (χ2v) is 17.4. The number of hydrogen-bond donors (Lipinski definition) is 0. The molecule has 2 heterocycles. The van der Waals surface area contributed by atoms with E-state index in [0.717, 1.165) is 49.9 Å². The summed E-state index contributed by atoms with van der Waals surface area (Å²) in [7, 11) is 0. The van der Waals surface area contributed by atoms with Crippen LogP contribution in [0.4, 0.5) is 0 Å². The van der Waals surface area contributed by atoms with Gasteiger partial charge in [-0.3, -0.25) is 0 Å². The molecule has 0 N–H and O–H groups in total. The van der Waals surface area contributed by atoms with Crippen LogP contribution in [0.25, 0.3) is 104 Å². The van der Waals surface area contributed by atoms with Crippen molar-refractivity contribution >= 4 is 76.2 Å².